The van der Waals surface area contributed by atoms with Gasteiger partial charge in [-0.2, -0.15) is 0 Å². The van der Waals surface area contributed by atoms with E-state index in [9.17, 15) is 5.11 Å². The molecule has 2 rings (SSSR count). The lowest BCUT2D eigenvalue weighted by molar-refractivity contribution is 0.0515. The highest BCUT2D eigenvalue weighted by atomic mass is 16.3. The number of benzene rings is 1. The molecule has 1 aromatic rings. The summed E-state index contributed by atoms with van der Waals surface area (Å²) in [4.78, 5) is 2.48. The van der Waals surface area contributed by atoms with Crippen LogP contribution in [0.5, 0.6) is 0 Å². The molecule has 0 bridgehead atoms. The summed E-state index contributed by atoms with van der Waals surface area (Å²) in [7, 11) is 0. The fourth-order valence-corrected chi connectivity index (χ4v) is 2.56. The molecule has 1 aromatic carbocycles. The first-order valence-corrected chi connectivity index (χ1v) is 6.66. The number of rotatable bonds is 4. The van der Waals surface area contributed by atoms with Gasteiger partial charge in [-0.05, 0) is 50.4 Å². The molecule has 0 aliphatic carbocycles. The Morgan fingerprint density at radius 3 is 2.53 bits per heavy atom. The monoisotopic (exact) mass is 233 g/mol. The number of nitrogens with zero attached hydrogens (tertiary/aromatic N) is 1. The number of hydrogen-bond donors (Lipinski definition) is 1. The van der Waals surface area contributed by atoms with Gasteiger partial charge in [-0.3, -0.25) is 4.90 Å². The van der Waals surface area contributed by atoms with E-state index in [0.29, 0.717) is 0 Å². The molecule has 1 atom stereocenters. The van der Waals surface area contributed by atoms with Crippen LogP contribution in [0.25, 0.3) is 0 Å². The van der Waals surface area contributed by atoms with E-state index >= 15 is 0 Å². The van der Waals surface area contributed by atoms with Gasteiger partial charge >= 0.3 is 0 Å². The van der Waals surface area contributed by atoms with E-state index < -0.39 is 5.60 Å². The minimum absolute atomic E-state index is 0.698. The molecule has 2 nitrogen and oxygen atoms in total. The number of likely N-dealkylation sites (tertiary alicyclic amines) is 1. The van der Waals surface area contributed by atoms with Gasteiger partial charge < -0.3 is 5.11 Å². The van der Waals surface area contributed by atoms with Crippen LogP contribution in [0.4, 0.5) is 0 Å². The standard InChI is InChI=1S/C15H23NO/c1-3-15(2,17)14-9-5-4-8-13(14)12-16-10-6-7-11-16/h4-5,8-9,17H,3,6-7,10-12H2,1-2H3. The zero-order valence-electron chi connectivity index (χ0n) is 10.9. The van der Waals surface area contributed by atoms with Gasteiger partial charge in [0.25, 0.3) is 0 Å². The Hall–Kier alpha value is -0.860. The maximum atomic E-state index is 10.4. The van der Waals surface area contributed by atoms with Gasteiger partial charge in [-0.15, -0.1) is 0 Å². The van der Waals surface area contributed by atoms with Crippen molar-refractivity contribution >= 4 is 0 Å². The highest BCUT2D eigenvalue weighted by Gasteiger charge is 2.24. The van der Waals surface area contributed by atoms with Crippen LogP contribution in [0.2, 0.25) is 0 Å². The van der Waals surface area contributed by atoms with Crippen molar-refractivity contribution in [3.8, 4) is 0 Å². The summed E-state index contributed by atoms with van der Waals surface area (Å²) in [5.41, 5.74) is 1.67. The van der Waals surface area contributed by atoms with Gasteiger partial charge in [-0.25, -0.2) is 0 Å². The fraction of sp³-hybridized carbons (Fsp3) is 0.600. The summed E-state index contributed by atoms with van der Waals surface area (Å²) in [6.45, 7) is 7.32. The molecule has 1 aliphatic rings. The molecule has 1 heterocycles. The van der Waals surface area contributed by atoms with Gasteiger partial charge in [0.1, 0.15) is 0 Å². The van der Waals surface area contributed by atoms with E-state index in [1.165, 1.54) is 31.5 Å². The van der Waals surface area contributed by atoms with E-state index in [0.717, 1.165) is 18.5 Å². The second kappa shape index (κ2) is 5.19. The molecular formula is C15H23NO. The summed E-state index contributed by atoms with van der Waals surface area (Å²) in [6, 6.07) is 8.31. The molecule has 1 N–H and O–H groups in total. The third-order valence-electron chi connectivity index (χ3n) is 3.88. The average molecular weight is 233 g/mol. The van der Waals surface area contributed by atoms with E-state index in [1.54, 1.807) is 0 Å². The Morgan fingerprint density at radius 2 is 1.88 bits per heavy atom. The van der Waals surface area contributed by atoms with Crippen LogP contribution in [0.15, 0.2) is 24.3 Å². The molecule has 1 aliphatic heterocycles. The second-order valence-electron chi connectivity index (χ2n) is 5.27. The lowest BCUT2D eigenvalue weighted by Gasteiger charge is -2.26. The van der Waals surface area contributed by atoms with Crippen molar-refractivity contribution < 1.29 is 5.11 Å². The molecule has 0 saturated carbocycles. The van der Waals surface area contributed by atoms with Gasteiger partial charge in [0.05, 0.1) is 5.60 Å². The molecule has 94 valence electrons. The predicted molar refractivity (Wildman–Crippen MR) is 70.8 cm³/mol. The predicted octanol–water partition coefficient (Wildman–Crippen LogP) is 2.90. The highest BCUT2D eigenvalue weighted by Crippen LogP contribution is 2.28. The fourth-order valence-electron chi connectivity index (χ4n) is 2.56. The van der Waals surface area contributed by atoms with Crippen molar-refractivity contribution in [1.29, 1.82) is 0 Å². The van der Waals surface area contributed by atoms with Crippen molar-refractivity contribution in [3.63, 3.8) is 0 Å². The molecular weight excluding hydrogens is 210 g/mol. The van der Waals surface area contributed by atoms with Crippen molar-refractivity contribution in [1.82, 2.24) is 4.90 Å². The van der Waals surface area contributed by atoms with Crippen molar-refractivity contribution in [2.45, 2.75) is 45.3 Å². The molecule has 0 aromatic heterocycles. The van der Waals surface area contributed by atoms with Gasteiger partial charge in [0, 0.05) is 6.54 Å². The molecule has 0 amide bonds. The Balaban J connectivity index is 2.21. The smallest absolute Gasteiger partial charge is 0.0869 e. The number of aliphatic hydroxyl groups is 1. The minimum Gasteiger partial charge on any atom is -0.385 e. The maximum absolute atomic E-state index is 10.4. The summed E-state index contributed by atoms with van der Waals surface area (Å²) in [5, 5.41) is 10.4. The van der Waals surface area contributed by atoms with Crippen LogP contribution < -0.4 is 0 Å². The molecule has 2 heteroatoms. The zero-order chi connectivity index (χ0) is 12.3. The first-order chi connectivity index (χ1) is 8.13. The normalized spacial score (nSPS) is 20.4. The highest BCUT2D eigenvalue weighted by molar-refractivity contribution is 5.31. The van der Waals surface area contributed by atoms with Gasteiger partial charge in [-0.1, -0.05) is 31.2 Å². The third kappa shape index (κ3) is 2.88. The second-order valence-corrected chi connectivity index (χ2v) is 5.27. The van der Waals surface area contributed by atoms with E-state index in [1.807, 2.05) is 19.9 Å². The third-order valence-corrected chi connectivity index (χ3v) is 3.88. The Bertz CT molecular complexity index is 367. The van der Waals surface area contributed by atoms with Crippen LogP contribution in [-0.2, 0) is 12.1 Å². The van der Waals surface area contributed by atoms with Crippen molar-refractivity contribution in [2.75, 3.05) is 13.1 Å². The largest absolute Gasteiger partial charge is 0.385 e. The van der Waals surface area contributed by atoms with Crippen LogP contribution in [0, 0.1) is 0 Å². The lowest BCUT2D eigenvalue weighted by atomic mass is 9.89. The van der Waals surface area contributed by atoms with E-state index in [-0.39, 0.29) is 0 Å². The average Bonchev–Trinajstić information content (AvgIpc) is 2.82. The van der Waals surface area contributed by atoms with Crippen LogP contribution in [-0.4, -0.2) is 23.1 Å². The molecule has 1 unspecified atom stereocenters. The minimum atomic E-state index is -0.698. The summed E-state index contributed by atoms with van der Waals surface area (Å²) in [5.74, 6) is 0. The number of hydrogen-bond acceptors (Lipinski definition) is 2. The van der Waals surface area contributed by atoms with Gasteiger partial charge in [0.2, 0.25) is 0 Å². The summed E-state index contributed by atoms with van der Waals surface area (Å²) in [6.07, 6.45) is 3.38. The molecule has 1 saturated heterocycles. The van der Waals surface area contributed by atoms with Crippen LogP contribution in [0.3, 0.4) is 0 Å². The van der Waals surface area contributed by atoms with Crippen LogP contribution >= 0.6 is 0 Å². The van der Waals surface area contributed by atoms with Crippen molar-refractivity contribution in [3.05, 3.63) is 35.4 Å². The Morgan fingerprint density at radius 1 is 1.24 bits per heavy atom. The molecule has 0 radical (unpaired) electrons. The Labute approximate surface area is 104 Å². The Kier molecular flexibility index (Phi) is 3.85. The van der Waals surface area contributed by atoms with E-state index in [2.05, 4.69) is 23.1 Å². The molecule has 1 fully saturated rings. The zero-order valence-corrected chi connectivity index (χ0v) is 10.9. The maximum Gasteiger partial charge on any atom is 0.0869 e. The first kappa shape index (κ1) is 12.6. The topological polar surface area (TPSA) is 23.5 Å². The summed E-state index contributed by atoms with van der Waals surface area (Å²) < 4.78 is 0. The first-order valence-electron chi connectivity index (χ1n) is 6.66. The molecule has 17 heavy (non-hydrogen) atoms. The van der Waals surface area contributed by atoms with Gasteiger partial charge in [0.15, 0.2) is 0 Å². The van der Waals surface area contributed by atoms with Crippen LogP contribution in [0.1, 0.15) is 44.2 Å². The quantitative estimate of drug-likeness (QED) is 0.864. The lowest BCUT2D eigenvalue weighted by Crippen LogP contribution is -2.25. The van der Waals surface area contributed by atoms with Crippen molar-refractivity contribution in [2.24, 2.45) is 0 Å². The molecule has 0 spiro atoms. The summed E-state index contributed by atoms with van der Waals surface area (Å²) >= 11 is 0. The SMILES string of the molecule is CCC(C)(O)c1ccccc1CN1CCCC1. The van der Waals surface area contributed by atoms with E-state index in [4.69, 9.17) is 0 Å².